The van der Waals surface area contributed by atoms with Gasteiger partial charge in [0.15, 0.2) is 0 Å². The molecule has 1 heterocycles. The molecule has 0 bridgehead atoms. The summed E-state index contributed by atoms with van der Waals surface area (Å²) in [6, 6.07) is 4.04. The lowest BCUT2D eigenvalue weighted by Gasteiger charge is -1.99. The molecule has 1 aromatic rings. The van der Waals surface area contributed by atoms with Crippen LogP contribution in [-0.2, 0) is 0 Å². The fourth-order valence-electron chi connectivity index (χ4n) is 0.871. The Hall–Kier alpha value is -0.0600. The number of hydrogen-bond acceptors (Lipinski definition) is 3. The van der Waals surface area contributed by atoms with E-state index in [4.69, 9.17) is 5.73 Å². The Morgan fingerprint density at radius 2 is 2.23 bits per heavy atom. The van der Waals surface area contributed by atoms with E-state index in [-0.39, 0.29) is 0 Å². The van der Waals surface area contributed by atoms with Crippen molar-refractivity contribution in [2.24, 2.45) is 5.73 Å². The van der Waals surface area contributed by atoms with Crippen LogP contribution in [0.25, 0.3) is 0 Å². The van der Waals surface area contributed by atoms with Gasteiger partial charge in [0.05, 0.1) is 5.03 Å². The molecule has 4 heteroatoms. The molecule has 0 aliphatic rings. The Morgan fingerprint density at radius 3 is 2.85 bits per heavy atom. The van der Waals surface area contributed by atoms with Gasteiger partial charge < -0.3 is 5.73 Å². The first kappa shape index (κ1) is 11.0. The average molecular weight is 261 g/mol. The van der Waals surface area contributed by atoms with Crippen LogP contribution in [0.1, 0.15) is 12.8 Å². The molecule has 0 fully saturated rings. The molecule has 0 amide bonds. The van der Waals surface area contributed by atoms with E-state index in [1.165, 1.54) is 6.42 Å². The lowest BCUT2D eigenvalue weighted by Crippen LogP contribution is -1.98. The maximum absolute atomic E-state index is 5.40. The molecule has 0 atom stereocenters. The molecule has 2 N–H and O–H groups in total. The van der Waals surface area contributed by atoms with E-state index in [9.17, 15) is 0 Å². The van der Waals surface area contributed by atoms with E-state index < -0.39 is 0 Å². The number of halogens is 1. The van der Waals surface area contributed by atoms with Gasteiger partial charge in [-0.15, -0.1) is 11.8 Å². The molecule has 0 unspecified atom stereocenters. The topological polar surface area (TPSA) is 38.9 Å². The molecule has 0 aromatic carbocycles. The van der Waals surface area contributed by atoms with Crippen molar-refractivity contribution in [1.82, 2.24) is 4.98 Å². The predicted molar refractivity (Wildman–Crippen MR) is 60.9 cm³/mol. The molecule has 0 aliphatic heterocycles. The van der Waals surface area contributed by atoms with Crippen LogP contribution in [-0.4, -0.2) is 17.3 Å². The van der Waals surface area contributed by atoms with Crippen LogP contribution in [0.15, 0.2) is 27.8 Å². The molecule has 0 aliphatic carbocycles. The standard InChI is InChI=1S/C9H13BrN2S/c10-8-3-4-9(12-7-8)13-6-2-1-5-11/h3-4,7H,1-2,5-6,11H2. The van der Waals surface area contributed by atoms with Gasteiger partial charge >= 0.3 is 0 Å². The van der Waals surface area contributed by atoms with Crippen molar-refractivity contribution >= 4 is 27.7 Å². The summed E-state index contributed by atoms with van der Waals surface area (Å²) in [5.74, 6) is 1.10. The number of nitrogens with zero attached hydrogens (tertiary/aromatic N) is 1. The van der Waals surface area contributed by atoms with Crippen molar-refractivity contribution in [1.29, 1.82) is 0 Å². The number of nitrogens with two attached hydrogens (primary N) is 1. The summed E-state index contributed by atoms with van der Waals surface area (Å²) in [4.78, 5) is 4.26. The van der Waals surface area contributed by atoms with Gasteiger partial charge in [0, 0.05) is 10.7 Å². The highest BCUT2D eigenvalue weighted by Crippen LogP contribution is 2.18. The first-order chi connectivity index (χ1) is 6.33. The number of pyridine rings is 1. The summed E-state index contributed by atoms with van der Waals surface area (Å²) in [5, 5.41) is 1.08. The Kier molecular flexibility index (Phi) is 5.43. The largest absolute Gasteiger partial charge is 0.330 e. The number of hydrogen-bond donors (Lipinski definition) is 1. The fraction of sp³-hybridized carbons (Fsp3) is 0.444. The van der Waals surface area contributed by atoms with Crippen LogP contribution in [0, 0.1) is 0 Å². The maximum atomic E-state index is 5.40. The number of unbranched alkanes of at least 4 members (excludes halogenated alkanes) is 1. The molecule has 1 rings (SSSR count). The minimum absolute atomic E-state index is 0.786. The number of aromatic nitrogens is 1. The van der Waals surface area contributed by atoms with E-state index in [0.717, 1.165) is 28.2 Å². The van der Waals surface area contributed by atoms with Gasteiger partial charge in [-0.05, 0) is 53.2 Å². The summed E-state index contributed by atoms with van der Waals surface area (Å²) in [6.45, 7) is 0.786. The van der Waals surface area contributed by atoms with Crippen molar-refractivity contribution in [3.63, 3.8) is 0 Å². The number of rotatable bonds is 5. The summed E-state index contributed by atoms with van der Waals surface area (Å²) in [5.41, 5.74) is 5.40. The molecule has 0 radical (unpaired) electrons. The maximum Gasteiger partial charge on any atom is 0.0960 e. The van der Waals surface area contributed by atoms with Gasteiger partial charge in [0.2, 0.25) is 0 Å². The number of thioether (sulfide) groups is 1. The molecule has 72 valence electrons. The SMILES string of the molecule is NCCCCSc1ccc(Br)cn1. The molecule has 2 nitrogen and oxygen atoms in total. The second-order valence-electron chi connectivity index (χ2n) is 2.66. The van der Waals surface area contributed by atoms with Crippen molar-refractivity contribution in [2.75, 3.05) is 12.3 Å². The first-order valence-electron chi connectivity index (χ1n) is 4.27. The molecule has 0 saturated carbocycles. The van der Waals surface area contributed by atoms with Crippen LogP contribution in [0.4, 0.5) is 0 Å². The normalized spacial score (nSPS) is 10.3. The highest BCUT2D eigenvalue weighted by Gasteiger charge is 1.94. The molecule has 1 aromatic heterocycles. The lowest BCUT2D eigenvalue weighted by atomic mass is 10.3. The van der Waals surface area contributed by atoms with Crippen LogP contribution in [0.5, 0.6) is 0 Å². The van der Waals surface area contributed by atoms with Gasteiger partial charge in [-0.3, -0.25) is 0 Å². The Balaban J connectivity index is 2.25. The second kappa shape index (κ2) is 6.40. The fourth-order valence-corrected chi connectivity index (χ4v) is 1.95. The molecule has 0 saturated heterocycles. The minimum atomic E-state index is 0.786. The van der Waals surface area contributed by atoms with Crippen LogP contribution >= 0.6 is 27.7 Å². The summed E-state index contributed by atoms with van der Waals surface area (Å²) >= 11 is 5.13. The Morgan fingerprint density at radius 1 is 1.38 bits per heavy atom. The second-order valence-corrected chi connectivity index (χ2v) is 4.69. The van der Waals surface area contributed by atoms with Crippen LogP contribution < -0.4 is 5.73 Å². The third kappa shape index (κ3) is 4.64. The van der Waals surface area contributed by atoms with E-state index in [0.29, 0.717) is 0 Å². The quantitative estimate of drug-likeness (QED) is 0.654. The van der Waals surface area contributed by atoms with Gasteiger partial charge in [0.1, 0.15) is 0 Å². The zero-order valence-corrected chi connectivity index (χ0v) is 9.77. The summed E-state index contributed by atoms with van der Waals surface area (Å²) in [7, 11) is 0. The van der Waals surface area contributed by atoms with Gasteiger partial charge in [0.25, 0.3) is 0 Å². The van der Waals surface area contributed by atoms with Crippen molar-refractivity contribution < 1.29 is 0 Å². The predicted octanol–water partition coefficient (Wildman–Crippen LogP) is 2.68. The molecular weight excluding hydrogens is 248 g/mol. The van der Waals surface area contributed by atoms with Crippen LogP contribution in [0.2, 0.25) is 0 Å². The van der Waals surface area contributed by atoms with Crippen molar-refractivity contribution in [3.05, 3.63) is 22.8 Å². The van der Waals surface area contributed by atoms with Gasteiger partial charge in [-0.1, -0.05) is 0 Å². The first-order valence-corrected chi connectivity index (χ1v) is 6.05. The average Bonchev–Trinajstić information content (AvgIpc) is 2.15. The van der Waals surface area contributed by atoms with Gasteiger partial charge in [-0.2, -0.15) is 0 Å². The highest BCUT2D eigenvalue weighted by molar-refractivity contribution is 9.10. The molecular formula is C9H13BrN2S. The monoisotopic (exact) mass is 260 g/mol. The van der Waals surface area contributed by atoms with Gasteiger partial charge in [-0.25, -0.2) is 4.98 Å². The minimum Gasteiger partial charge on any atom is -0.330 e. The smallest absolute Gasteiger partial charge is 0.0960 e. The van der Waals surface area contributed by atoms with Crippen molar-refractivity contribution in [2.45, 2.75) is 17.9 Å². The van der Waals surface area contributed by atoms with E-state index in [2.05, 4.69) is 20.9 Å². The lowest BCUT2D eigenvalue weighted by molar-refractivity contribution is 0.814. The van der Waals surface area contributed by atoms with E-state index in [1.807, 2.05) is 18.3 Å². The summed E-state index contributed by atoms with van der Waals surface area (Å²) in [6.07, 6.45) is 4.09. The zero-order chi connectivity index (χ0) is 9.52. The highest BCUT2D eigenvalue weighted by atomic mass is 79.9. The summed E-state index contributed by atoms with van der Waals surface area (Å²) < 4.78 is 1.03. The third-order valence-electron chi connectivity index (χ3n) is 1.55. The van der Waals surface area contributed by atoms with E-state index in [1.54, 1.807) is 11.8 Å². The molecule has 13 heavy (non-hydrogen) atoms. The zero-order valence-electron chi connectivity index (χ0n) is 7.37. The molecule has 0 spiro atoms. The Bertz CT molecular complexity index is 238. The van der Waals surface area contributed by atoms with Crippen LogP contribution in [0.3, 0.4) is 0 Å². The third-order valence-corrected chi connectivity index (χ3v) is 3.05. The van der Waals surface area contributed by atoms with Crippen molar-refractivity contribution in [3.8, 4) is 0 Å². The van der Waals surface area contributed by atoms with E-state index >= 15 is 0 Å². The Labute approximate surface area is 91.4 Å².